The smallest absolute Gasteiger partial charge is 0.257 e. The Bertz CT molecular complexity index is 1080. The number of hydrogen-bond donors (Lipinski definition) is 1. The summed E-state index contributed by atoms with van der Waals surface area (Å²) < 4.78 is 14.9. The molecule has 154 valence electrons. The van der Waals surface area contributed by atoms with E-state index in [0.717, 1.165) is 11.1 Å². The molecule has 0 spiro atoms. The zero-order chi connectivity index (χ0) is 21.3. The molecule has 0 atom stereocenters. The predicted molar refractivity (Wildman–Crippen MR) is 112 cm³/mol. The molecule has 0 bridgehead atoms. The number of nitrogens with zero attached hydrogens (tertiary/aromatic N) is 3. The Kier molecular flexibility index (Phi) is 5.35. The highest BCUT2D eigenvalue weighted by atomic mass is 19.1. The van der Waals surface area contributed by atoms with Crippen molar-refractivity contribution < 1.29 is 14.0 Å². The van der Waals surface area contributed by atoms with E-state index in [-0.39, 0.29) is 23.5 Å². The average Bonchev–Trinajstić information content (AvgIpc) is 3.19. The normalized spacial score (nSPS) is 14.7. The highest BCUT2D eigenvalue weighted by molar-refractivity contribution is 6.00. The number of hydrogen-bond acceptors (Lipinski definition) is 3. The lowest BCUT2D eigenvalue weighted by Crippen LogP contribution is -2.41. The van der Waals surface area contributed by atoms with Crippen LogP contribution in [0.4, 0.5) is 4.39 Å². The third-order valence-corrected chi connectivity index (χ3v) is 5.51. The maximum Gasteiger partial charge on any atom is 0.257 e. The molecule has 0 aliphatic carbocycles. The van der Waals surface area contributed by atoms with Gasteiger partial charge < -0.3 is 10.6 Å². The number of benzene rings is 2. The topological polar surface area (TPSA) is 81.2 Å². The van der Waals surface area contributed by atoms with Crippen LogP contribution in [0.5, 0.6) is 0 Å². The van der Waals surface area contributed by atoms with E-state index in [2.05, 4.69) is 5.10 Å². The fraction of sp³-hybridized carbons (Fsp3) is 0.261. The van der Waals surface area contributed by atoms with Gasteiger partial charge in [0, 0.05) is 30.8 Å². The first-order chi connectivity index (χ1) is 14.4. The summed E-state index contributed by atoms with van der Waals surface area (Å²) in [5.41, 5.74) is 9.02. The van der Waals surface area contributed by atoms with Crippen molar-refractivity contribution in [2.45, 2.75) is 19.8 Å². The van der Waals surface area contributed by atoms with E-state index < -0.39 is 0 Å². The van der Waals surface area contributed by atoms with Crippen molar-refractivity contribution in [3.8, 4) is 16.9 Å². The van der Waals surface area contributed by atoms with Gasteiger partial charge >= 0.3 is 0 Å². The van der Waals surface area contributed by atoms with Crippen LogP contribution in [0, 0.1) is 18.7 Å². The molecule has 6 nitrogen and oxygen atoms in total. The minimum atomic E-state index is -0.335. The van der Waals surface area contributed by atoms with Crippen LogP contribution in [-0.2, 0) is 4.79 Å². The molecule has 2 N–H and O–H groups in total. The van der Waals surface area contributed by atoms with E-state index in [1.807, 2.05) is 31.2 Å². The van der Waals surface area contributed by atoms with Gasteiger partial charge in [-0.3, -0.25) is 9.59 Å². The summed E-state index contributed by atoms with van der Waals surface area (Å²) in [7, 11) is 0. The van der Waals surface area contributed by atoms with E-state index in [9.17, 15) is 14.0 Å². The first-order valence-corrected chi connectivity index (χ1v) is 9.93. The Morgan fingerprint density at radius 2 is 1.80 bits per heavy atom. The second-order valence-electron chi connectivity index (χ2n) is 7.65. The SMILES string of the molecule is Cc1cccc(-c2nn(-c3ccc(F)cc3)cc2C(=O)N2CCC(C(N)=O)CC2)c1. The lowest BCUT2D eigenvalue weighted by atomic mass is 9.95. The van der Waals surface area contributed by atoms with E-state index in [0.29, 0.717) is 42.9 Å². The molecule has 1 aromatic heterocycles. The standard InChI is InChI=1S/C23H23FN4O2/c1-15-3-2-4-17(13-15)21-20(14-28(26-21)19-7-5-18(24)6-8-19)23(30)27-11-9-16(10-12-27)22(25)29/h2-8,13-14,16H,9-12H2,1H3,(H2,25,29). The summed E-state index contributed by atoms with van der Waals surface area (Å²) in [5, 5.41) is 4.65. The third-order valence-electron chi connectivity index (χ3n) is 5.51. The zero-order valence-electron chi connectivity index (χ0n) is 16.7. The highest BCUT2D eigenvalue weighted by Crippen LogP contribution is 2.27. The van der Waals surface area contributed by atoms with Crippen LogP contribution in [0.3, 0.4) is 0 Å². The number of nitrogens with two attached hydrogens (primary N) is 1. The second-order valence-corrected chi connectivity index (χ2v) is 7.65. The molecule has 1 fully saturated rings. The van der Waals surface area contributed by atoms with Gasteiger partial charge in [-0.2, -0.15) is 5.10 Å². The summed E-state index contributed by atoms with van der Waals surface area (Å²) >= 11 is 0. The van der Waals surface area contributed by atoms with Crippen molar-refractivity contribution in [3.63, 3.8) is 0 Å². The van der Waals surface area contributed by atoms with Gasteiger partial charge in [-0.1, -0.05) is 23.8 Å². The molecule has 4 rings (SSSR count). The minimum absolute atomic E-state index is 0.136. The van der Waals surface area contributed by atoms with Crippen LogP contribution in [0.2, 0.25) is 0 Å². The Balaban J connectivity index is 1.71. The predicted octanol–water partition coefficient (Wildman–Crippen LogP) is 3.32. The van der Waals surface area contributed by atoms with Gasteiger partial charge in [-0.25, -0.2) is 9.07 Å². The fourth-order valence-corrected chi connectivity index (χ4v) is 3.80. The van der Waals surface area contributed by atoms with E-state index in [1.165, 1.54) is 12.1 Å². The number of primary amides is 1. The molecule has 2 amide bonds. The Hall–Kier alpha value is -3.48. The summed E-state index contributed by atoms with van der Waals surface area (Å²) in [6.07, 6.45) is 2.81. The van der Waals surface area contributed by atoms with Crippen molar-refractivity contribution in [2.24, 2.45) is 11.7 Å². The molecule has 0 saturated carbocycles. The molecule has 1 saturated heterocycles. The Morgan fingerprint density at radius 3 is 2.43 bits per heavy atom. The molecule has 7 heteroatoms. The fourth-order valence-electron chi connectivity index (χ4n) is 3.80. The largest absolute Gasteiger partial charge is 0.369 e. The van der Waals surface area contributed by atoms with Crippen LogP contribution in [-0.4, -0.2) is 39.6 Å². The number of aromatic nitrogens is 2. The maximum atomic E-state index is 13.4. The zero-order valence-corrected chi connectivity index (χ0v) is 16.7. The molecule has 0 radical (unpaired) electrons. The van der Waals surface area contributed by atoms with Gasteiger partial charge in [0.25, 0.3) is 5.91 Å². The van der Waals surface area contributed by atoms with E-state index in [1.54, 1.807) is 27.9 Å². The first kappa shape index (κ1) is 19.8. The van der Waals surface area contributed by atoms with Gasteiger partial charge in [0.2, 0.25) is 5.91 Å². The number of rotatable bonds is 4. The Labute approximate surface area is 174 Å². The van der Waals surface area contributed by atoms with Crippen LogP contribution in [0.25, 0.3) is 16.9 Å². The van der Waals surface area contributed by atoms with Gasteiger partial charge in [0.15, 0.2) is 0 Å². The summed E-state index contributed by atoms with van der Waals surface area (Å²) in [5.74, 6) is -0.972. The average molecular weight is 406 g/mol. The monoisotopic (exact) mass is 406 g/mol. The van der Waals surface area contributed by atoms with Crippen LogP contribution >= 0.6 is 0 Å². The third kappa shape index (κ3) is 3.96. The van der Waals surface area contributed by atoms with Gasteiger partial charge in [0.05, 0.1) is 11.3 Å². The molecule has 1 aliphatic rings. The highest BCUT2D eigenvalue weighted by Gasteiger charge is 2.29. The van der Waals surface area contributed by atoms with Crippen LogP contribution in [0.15, 0.2) is 54.7 Å². The number of likely N-dealkylation sites (tertiary alicyclic amines) is 1. The Morgan fingerprint density at radius 1 is 1.10 bits per heavy atom. The molecule has 3 aromatic rings. The van der Waals surface area contributed by atoms with Gasteiger partial charge in [-0.05, 0) is 50.1 Å². The van der Waals surface area contributed by atoms with E-state index in [4.69, 9.17) is 5.73 Å². The maximum absolute atomic E-state index is 13.4. The number of piperidine rings is 1. The summed E-state index contributed by atoms with van der Waals surface area (Å²) in [4.78, 5) is 26.5. The molecule has 1 aliphatic heterocycles. The number of carbonyl (C=O) groups excluding carboxylic acids is 2. The summed E-state index contributed by atoms with van der Waals surface area (Å²) in [6, 6.07) is 13.8. The molecular formula is C23H23FN4O2. The molecule has 30 heavy (non-hydrogen) atoms. The van der Waals surface area contributed by atoms with Crippen molar-refractivity contribution in [2.75, 3.05) is 13.1 Å². The van der Waals surface area contributed by atoms with Gasteiger partial charge in [0.1, 0.15) is 11.5 Å². The molecule has 2 aromatic carbocycles. The number of aryl methyl sites for hydroxylation is 1. The molecule has 2 heterocycles. The number of amides is 2. The van der Waals surface area contributed by atoms with Crippen molar-refractivity contribution in [1.82, 2.24) is 14.7 Å². The quantitative estimate of drug-likeness (QED) is 0.722. The lowest BCUT2D eigenvalue weighted by Gasteiger charge is -2.30. The second kappa shape index (κ2) is 8.10. The number of carbonyl (C=O) groups is 2. The number of halogens is 1. The van der Waals surface area contributed by atoms with Gasteiger partial charge in [-0.15, -0.1) is 0 Å². The molecular weight excluding hydrogens is 383 g/mol. The minimum Gasteiger partial charge on any atom is -0.369 e. The lowest BCUT2D eigenvalue weighted by molar-refractivity contribution is -0.123. The van der Waals surface area contributed by atoms with Crippen molar-refractivity contribution in [3.05, 3.63) is 71.7 Å². The van der Waals surface area contributed by atoms with Crippen LogP contribution < -0.4 is 5.73 Å². The first-order valence-electron chi connectivity index (χ1n) is 9.93. The van der Waals surface area contributed by atoms with Crippen LogP contribution in [0.1, 0.15) is 28.8 Å². The van der Waals surface area contributed by atoms with Crippen molar-refractivity contribution in [1.29, 1.82) is 0 Å². The summed E-state index contributed by atoms with van der Waals surface area (Å²) in [6.45, 7) is 2.93. The van der Waals surface area contributed by atoms with Crippen molar-refractivity contribution >= 4 is 11.8 Å². The molecule has 0 unspecified atom stereocenters. The van der Waals surface area contributed by atoms with E-state index >= 15 is 0 Å².